The molecule has 6 aliphatic rings. The summed E-state index contributed by atoms with van der Waals surface area (Å²) >= 11 is 0. The topological polar surface area (TPSA) is 52.6 Å². The van der Waals surface area contributed by atoms with E-state index in [-0.39, 0.29) is 16.9 Å². The molecule has 26 heavy (non-hydrogen) atoms. The molecule has 3 bridgehead atoms. The molecule has 2 spiro atoms. The van der Waals surface area contributed by atoms with Crippen LogP contribution < -0.4 is 0 Å². The van der Waals surface area contributed by atoms with E-state index in [9.17, 15) is 14.0 Å². The Hall–Kier alpha value is -1.13. The van der Waals surface area contributed by atoms with Crippen molar-refractivity contribution in [3.8, 4) is 0 Å². The lowest BCUT2D eigenvalue weighted by molar-refractivity contribution is -0.179. The Morgan fingerprint density at radius 1 is 1.23 bits per heavy atom. The first-order chi connectivity index (χ1) is 12.3. The zero-order chi connectivity index (χ0) is 18.1. The summed E-state index contributed by atoms with van der Waals surface area (Å²) in [5, 5.41) is 0. The summed E-state index contributed by atoms with van der Waals surface area (Å²) in [6, 6.07) is 0. The Kier molecular flexibility index (Phi) is 2.63. The van der Waals surface area contributed by atoms with Gasteiger partial charge in [0.1, 0.15) is 5.60 Å². The van der Waals surface area contributed by atoms with Gasteiger partial charge in [-0.2, -0.15) is 0 Å². The van der Waals surface area contributed by atoms with Crippen LogP contribution in [0, 0.1) is 40.4 Å². The van der Waals surface area contributed by atoms with E-state index >= 15 is 0 Å². The number of carbonyl (C=O) groups is 2. The van der Waals surface area contributed by atoms with Crippen LogP contribution in [-0.2, 0) is 19.1 Å². The number of esters is 2. The van der Waals surface area contributed by atoms with Crippen molar-refractivity contribution < 1.29 is 23.5 Å². The van der Waals surface area contributed by atoms with Crippen LogP contribution in [0.4, 0.5) is 4.39 Å². The molecule has 6 aliphatic carbocycles. The average molecular weight is 362 g/mol. The van der Waals surface area contributed by atoms with Crippen molar-refractivity contribution in [2.45, 2.75) is 70.1 Å². The second-order valence-corrected chi connectivity index (χ2v) is 10.5. The van der Waals surface area contributed by atoms with Crippen molar-refractivity contribution in [2.75, 3.05) is 6.61 Å². The highest BCUT2D eigenvalue weighted by molar-refractivity contribution is 5.83. The van der Waals surface area contributed by atoms with Gasteiger partial charge in [-0.3, -0.25) is 0 Å². The standard InChI is InChI=1S/C21H27FO4/c1-11-20-8-12-5-14-6-15(19(14,7-12)10-20)21(11,20)26-16(23)9-25-17(24)18(2,22)13-3-4-13/h11-15H,3-10H2,1-2H3. The maximum Gasteiger partial charge on any atom is 0.344 e. The van der Waals surface area contributed by atoms with Crippen molar-refractivity contribution >= 4 is 11.9 Å². The monoisotopic (exact) mass is 362 g/mol. The summed E-state index contributed by atoms with van der Waals surface area (Å²) in [4.78, 5) is 24.5. The van der Waals surface area contributed by atoms with E-state index < -0.39 is 24.2 Å². The molecule has 0 aromatic rings. The molecule has 0 aromatic heterocycles. The van der Waals surface area contributed by atoms with Crippen molar-refractivity contribution in [3.05, 3.63) is 0 Å². The number of rotatable bonds is 5. The van der Waals surface area contributed by atoms with Gasteiger partial charge in [-0.05, 0) is 69.1 Å². The van der Waals surface area contributed by atoms with Crippen molar-refractivity contribution in [1.29, 1.82) is 0 Å². The first kappa shape index (κ1) is 15.9. The van der Waals surface area contributed by atoms with Gasteiger partial charge in [0.25, 0.3) is 0 Å². The number of halogens is 1. The molecule has 6 fully saturated rings. The fourth-order valence-electron chi connectivity index (χ4n) is 8.43. The van der Waals surface area contributed by atoms with E-state index in [1.54, 1.807) is 0 Å². The lowest BCUT2D eigenvalue weighted by Gasteiger charge is -2.53. The van der Waals surface area contributed by atoms with E-state index in [1.165, 1.54) is 39.0 Å². The van der Waals surface area contributed by atoms with Crippen molar-refractivity contribution in [1.82, 2.24) is 0 Å². The maximum atomic E-state index is 14.4. The van der Waals surface area contributed by atoms with Crippen molar-refractivity contribution in [2.24, 2.45) is 40.4 Å². The summed E-state index contributed by atoms with van der Waals surface area (Å²) in [7, 11) is 0. The fraction of sp³-hybridized carbons (Fsp3) is 0.905. The summed E-state index contributed by atoms with van der Waals surface area (Å²) in [6.07, 6.45) is 7.74. The highest BCUT2D eigenvalue weighted by atomic mass is 19.1. The molecule has 8 atom stereocenters. The average Bonchev–Trinajstić information content (AvgIpc) is 3.47. The van der Waals surface area contributed by atoms with Gasteiger partial charge in [0.05, 0.1) is 0 Å². The molecule has 142 valence electrons. The van der Waals surface area contributed by atoms with Gasteiger partial charge in [0.15, 0.2) is 6.61 Å². The van der Waals surface area contributed by atoms with E-state index in [1.807, 2.05) is 0 Å². The number of carbonyl (C=O) groups excluding carboxylic acids is 2. The van der Waals surface area contributed by atoms with E-state index in [4.69, 9.17) is 9.47 Å². The molecule has 8 unspecified atom stereocenters. The number of hydrogen-bond acceptors (Lipinski definition) is 4. The lowest BCUT2D eigenvalue weighted by atomic mass is 9.52. The summed E-state index contributed by atoms with van der Waals surface area (Å²) < 4.78 is 25.5. The molecular weight excluding hydrogens is 335 g/mol. The maximum absolute atomic E-state index is 14.4. The third kappa shape index (κ3) is 1.52. The first-order valence-electron chi connectivity index (χ1n) is 10.3. The Morgan fingerprint density at radius 3 is 2.73 bits per heavy atom. The predicted octanol–water partition coefficient (Wildman–Crippen LogP) is 3.43. The summed E-state index contributed by atoms with van der Waals surface area (Å²) in [6.45, 7) is 3.04. The Balaban J connectivity index is 1.16. The van der Waals surface area contributed by atoms with Gasteiger partial charge >= 0.3 is 11.9 Å². The number of ether oxygens (including phenoxy) is 2. The molecule has 0 aromatic carbocycles. The number of fused-ring (bicyclic) bond motifs is 2. The van der Waals surface area contributed by atoms with Gasteiger partial charge in [0, 0.05) is 23.2 Å². The number of hydrogen-bond donors (Lipinski definition) is 0. The zero-order valence-corrected chi connectivity index (χ0v) is 15.6. The third-order valence-electron chi connectivity index (χ3n) is 9.64. The molecule has 0 saturated heterocycles. The van der Waals surface area contributed by atoms with Crippen LogP contribution in [-0.4, -0.2) is 29.8 Å². The second-order valence-electron chi connectivity index (χ2n) is 10.5. The van der Waals surface area contributed by atoms with Gasteiger partial charge in [-0.1, -0.05) is 6.92 Å². The molecule has 5 heteroatoms. The van der Waals surface area contributed by atoms with E-state index in [2.05, 4.69) is 6.92 Å². The normalized spacial score (nSPS) is 54.0. The van der Waals surface area contributed by atoms with Gasteiger partial charge in [-0.25, -0.2) is 14.0 Å². The fourth-order valence-corrected chi connectivity index (χ4v) is 8.43. The van der Waals surface area contributed by atoms with Crippen LogP contribution in [0.2, 0.25) is 0 Å². The predicted molar refractivity (Wildman–Crippen MR) is 89.6 cm³/mol. The highest BCUT2D eigenvalue weighted by Crippen LogP contribution is 2.93. The summed E-state index contributed by atoms with van der Waals surface area (Å²) in [5.74, 6) is 0.903. The first-order valence-corrected chi connectivity index (χ1v) is 10.3. The van der Waals surface area contributed by atoms with Gasteiger partial charge in [-0.15, -0.1) is 0 Å². The minimum Gasteiger partial charge on any atom is -0.455 e. The molecule has 0 heterocycles. The van der Waals surface area contributed by atoms with Gasteiger partial charge < -0.3 is 9.47 Å². The molecule has 6 rings (SSSR count). The third-order valence-corrected chi connectivity index (χ3v) is 9.64. The molecule has 0 N–H and O–H groups in total. The molecule has 4 nitrogen and oxygen atoms in total. The lowest BCUT2D eigenvalue weighted by Crippen LogP contribution is -2.51. The van der Waals surface area contributed by atoms with Crippen LogP contribution >= 0.6 is 0 Å². The quantitative estimate of drug-likeness (QED) is 0.703. The minimum atomic E-state index is -1.98. The number of alkyl halides is 1. The molecule has 0 amide bonds. The van der Waals surface area contributed by atoms with E-state index in [0.29, 0.717) is 30.1 Å². The van der Waals surface area contributed by atoms with Gasteiger partial charge in [0.2, 0.25) is 5.67 Å². The van der Waals surface area contributed by atoms with Crippen LogP contribution in [0.1, 0.15) is 58.8 Å². The van der Waals surface area contributed by atoms with Crippen LogP contribution in [0.5, 0.6) is 0 Å². The molecule has 0 aliphatic heterocycles. The second kappa shape index (κ2) is 4.30. The van der Waals surface area contributed by atoms with Crippen LogP contribution in [0.25, 0.3) is 0 Å². The van der Waals surface area contributed by atoms with E-state index in [0.717, 1.165) is 11.8 Å². The molecular formula is C21H27FO4. The highest BCUT2D eigenvalue weighted by Gasteiger charge is 2.93. The summed E-state index contributed by atoms with van der Waals surface area (Å²) in [5.41, 5.74) is -1.68. The van der Waals surface area contributed by atoms with Crippen molar-refractivity contribution in [3.63, 3.8) is 0 Å². The van der Waals surface area contributed by atoms with Crippen LogP contribution in [0.15, 0.2) is 0 Å². The largest absolute Gasteiger partial charge is 0.455 e. The Morgan fingerprint density at radius 2 is 2.00 bits per heavy atom. The zero-order valence-electron chi connectivity index (χ0n) is 15.6. The Bertz CT molecular complexity index is 730. The SMILES string of the molecule is CC1C23CC4CC5CC(C5(C4)C2)C13OC(=O)COC(=O)C(C)(F)C1CC1. The Labute approximate surface area is 153 Å². The minimum absolute atomic E-state index is 0.175. The van der Waals surface area contributed by atoms with Crippen LogP contribution in [0.3, 0.4) is 0 Å². The smallest absolute Gasteiger partial charge is 0.344 e. The molecule has 6 saturated carbocycles. The molecule has 0 radical (unpaired) electrons.